The van der Waals surface area contributed by atoms with E-state index < -0.39 is 23.5 Å². The number of benzene rings is 2. The zero-order chi connectivity index (χ0) is 17.7. The molecule has 0 saturated carbocycles. The molecule has 128 valence electrons. The number of rotatable bonds is 5. The van der Waals surface area contributed by atoms with Crippen LogP contribution in [0.4, 0.5) is 29.3 Å². The number of aromatic hydroxyl groups is 1. The van der Waals surface area contributed by atoms with Crippen LogP contribution >= 0.6 is 11.6 Å². The minimum Gasteiger partial charge on any atom is -0.508 e. The fourth-order valence-corrected chi connectivity index (χ4v) is 1.72. The van der Waals surface area contributed by atoms with E-state index >= 15 is 0 Å². The molecule has 0 aromatic heterocycles. The first kappa shape index (κ1) is 17.7. The Morgan fingerprint density at radius 2 is 1.75 bits per heavy atom. The summed E-state index contributed by atoms with van der Waals surface area (Å²) in [7, 11) is 0. The zero-order valence-electron chi connectivity index (χ0n) is 12.0. The van der Waals surface area contributed by atoms with Crippen molar-refractivity contribution in [1.82, 2.24) is 0 Å². The summed E-state index contributed by atoms with van der Waals surface area (Å²) in [5, 5.41) is 13.9. The summed E-state index contributed by atoms with van der Waals surface area (Å²) in [5.74, 6) is -0.435. The Morgan fingerprint density at radius 3 is 2.38 bits per heavy atom. The van der Waals surface area contributed by atoms with E-state index in [1.807, 2.05) is 0 Å². The second-order valence-corrected chi connectivity index (χ2v) is 4.97. The third-order valence-corrected chi connectivity index (χ3v) is 3.01. The fourth-order valence-electron chi connectivity index (χ4n) is 1.68. The fraction of sp³-hybridized carbons (Fsp3) is 0.133. The van der Waals surface area contributed by atoms with Gasteiger partial charge in [0.15, 0.2) is 0 Å². The highest BCUT2D eigenvalue weighted by Gasteiger charge is 2.42. The highest BCUT2D eigenvalue weighted by molar-refractivity contribution is 6.20. The molecule has 3 N–H and O–H groups in total. The molecule has 0 fully saturated rings. The van der Waals surface area contributed by atoms with Crippen molar-refractivity contribution in [3.05, 3.63) is 48.5 Å². The normalized spacial score (nSPS) is 12.3. The minimum absolute atomic E-state index is 0.0174. The highest BCUT2D eigenvalue weighted by atomic mass is 35.5. The Hall–Kier alpha value is -2.61. The topological polar surface area (TPSA) is 70.6 Å². The average molecular weight is 361 g/mol. The minimum atomic E-state index is -4.26. The zero-order valence-corrected chi connectivity index (χ0v) is 12.7. The maximum Gasteiger partial charge on any atom is 0.444 e. The smallest absolute Gasteiger partial charge is 0.444 e. The number of alkyl halides is 4. The third-order valence-electron chi connectivity index (χ3n) is 2.76. The van der Waals surface area contributed by atoms with E-state index in [1.165, 1.54) is 42.5 Å². The van der Waals surface area contributed by atoms with Gasteiger partial charge in [-0.1, -0.05) is 23.7 Å². The molecular formula is C15H12ClF3N2O3. The van der Waals surface area contributed by atoms with Crippen LogP contribution in [-0.4, -0.2) is 22.9 Å². The van der Waals surface area contributed by atoms with Gasteiger partial charge in [0.2, 0.25) is 0 Å². The molecule has 2 aromatic carbocycles. The van der Waals surface area contributed by atoms with Crippen LogP contribution in [0.15, 0.2) is 48.5 Å². The van der Waals surface area contributed by atoms with Crippen molar-refractivity contribution >= 4 is 29.0 Å². The van der Waals surface area contributed by atoms with Gasteiger partial charge in [-0.2, -0.15) is 8.78 Å². The van der Waals surface area contributed by atoms with Crippen molar-refractivity contribution in [2.45, 2.75) is 11.7 Å². The van der Waals surface area contributed by atoms with Crippen molar-refractivity contribution in [2.75, 3.05) is 10.6 Å². The molecule has 1 unspecified atom stereocenters. The largest absolute Gasteiger partial charge is 0.508 e. The van der Waals surface area contributed by atoms with Crippen LogP contribution in [-0.2, 0) is 0 Å². The van der Waals surface area contributed by atoms with E-state index in [-0.39, 0.29) is 11.4 Å². The maximum absolute atomic E-state index is 13.3. The van der Waals surface area contributed by atoms with Gasteiger partial charge < -0.3 is 20.5 Å². The lowest BCUT2D eigenvalue weighted by atomic mass is 10.3. The number of amides is 2. The highest BCUT2D eigenvalue weighted by Crippen LogP contribution is 2.33. The van der Waals surface area contributed by atoms with Crippen LogP contribution in [0.2, 0.25) is 0 Å². The summed E-state index contributed by atoms with van der Waals surface area (Å²) in [6.45, 7) is 0. The molecule has 9 heteroatoms. The summed E-state index contributed by atoms with van der Waals surface area (Å²) in [6.07, 6.45) is -4.26. The predicted octanol–water partition coefficient (Wildman–Crippen LogP) is 4.54. The molecule has 0 radical (unpaired) electrons. The number of carbonyl (C=O) groups is 1. The van der Waals surface area contributed by atoms with Gasteiger partial charge in [-0.3, -0.25) is 0 Å². The van der Waals surface area contributed by atoms with Gasteiger partial charge in [-0.15, -0.1) is 0 Å². The molecule has 0 bridgehead atoms. The van der Waals surface area contributed by atoms with Crippen LogP contribution in [0.1, 0.15) is 0 Å². The van der Waals surface area contributed by atoms with Crippen LogP contribution in [0, 0.1) is 0 Å². The van der Waals surface area contributed by atoms with E-state index in [4.69, 9.17) is 16.7 Å². The number of urea groups is 1. The Balaban J connectivity index is 2.09. The SMILES string of the molecule is O=C(Nc1ccc(O)cc1)Nc1ccccc1OC(F)(F)C(F)Cl. The van der Waals surface area contributed by atoms with Gasteiger partial charge in [0.1, 0.15) is 11.5 Å². The van der Waals surface area contributed by atoms with E-state index in [0.717, 1.165) is 6.07 Å². The average Bonchev–Trinajstić information content (AvgIpc) is 2.51. The first-order valence-corrected chi connectivity index (χ1v) is 7.02. The molecule has 0 aliphatic rings. The van der Waals surface area contributed by atoms with Gasteiger partial charge in [0.25, 0.3) is 5.63 Å². The van der Waals surface area contributed by atoms with E-state index in [2.05, 4.69) is 15.4 Å². The molecule has 5 nitrogen and oxygen atoms in total. The molecular weight excluding hydrogens is 349 g/mol. The standard InChI is InChI=1S/C15H12ClF3N2O3/c16-13(17)15(18,19)24-12-4-2-1-3-11(12)21-14(23)20-9-5-7-10(22)8-6-9/h1-8,13,22H,(H2,20,21,23). The Bertz CT molecular complexity index is 711. The van der Waals surface area contributed by atoms with Gasteiger partial charge in [0.05, 0.1) is 5.69 Å². The van der Waals surface area contributed by atoms with Gasteiger partial charge >= 0.3 is 12.1 Å². The summed E-state index contributed by atoms with van der Waals surface area (Å²) < 4.78 is 43.4. The lowest BCUT2D eigenvalue weighted by Crippen LogP contribution is -2.33. The Kier molecular flexibility index (Phi) is 5.40. The molecule has 24 heavy (non-hydrogen) atoms. The van der Waals surface area contributed by atoms with Crippen LogP contribution in [0.3, 0.4) is 0 Å². The van der Waals surface area contributed by atoms with Gasteiger partial charge in [0, 0.05) is 5.69 Å². The molecule has 0 aliphatic heterocycles. The van der Waals surface area contributed by atoms with Crippen molar-refractivity contribution in [3.8, 4) is 11.5 Å². The Labute approximate surface area is 140 Å². The number of ether oxygens (including phenoxy) is 1. The molecule has 0 saturated heterocycles. The summed E-state index contributed by atoms with van der Waals surface area (Å²) >= 11 is 4.74. The molecule has 2 rings (SSSR count). The van der Waals surface area contributed by atoms with E-state index in [1.54, 1.807) is 0 Å². The van der Waals surface area contributed by atoms with Crippen LogP contribution in [0.5, 0.6) is 11.5 Å². The maximum atomic E-state index is 13.3. The van der Waals surface area contributed by atoms with Crippen molar-refractivity contribution in [2.24, 2.45) is 0 Å². The number of phenols is 1. The number of anilines is 2. The lowest BCUT2D eigenvalue weighted by Gasteiger charge is -2.20. The summed E-state index contributed by atoms with van der Waals surface area (Å²) in [6, 6.07) is 10.1. The van der Waals surface area contributed by atoms with E-state index in [0.29, 0.717) is 5.69 Å². The molecule has 2 amide bonds. The van der Waals surface area contributed by atoms with Crippen molar-refractivity contribution in [1.29, 1.82) is 0 Å². The van der Waals surface area contributed by atoms with Gasteiger partial charge in [-0.25, -0.2) is 9.18 Å². The number of para-hydroxylation sites is 2. The number of nitrogens with one attached hydrogen (secondary N) is 2. The number of phenolic OH excluding ortho intramolecular Hbond substituents is 1. The monoisotopic (exact) mass is 360 g/mol. The molecule has 1 atom stereocenters. The number of carbonyl (C=O) groups excluding carboxylic acids is 1. The predicted molar refractivity (Wildman–Crippen MR) is 83.5 cm³/mol. The first-order valence-electron chi connectivity index (χ1n) is 6.59. The second-order valence-electron chi connectivity index (χ2n) is 4.59. The van der Waals surface area contributed by atoms with Gasteiger partial charge in [-0.05, 0) is 36.4 Å². The molecule has 0 aliphatic carbocycles. The summed E-state index contributed by atoms with van der Waals surface area (Å²) in [4.78, 5) is 11.9. The molecule has 0 heterocycles. The van der Waals surface area contributed by atoms with Crippen molar-refractivity contribution < 1.29 is 27.8 Å². The third kappa shape index (κ3) is 4.69. The number of halogens is 4. The lowest BCUT2D eigenvalue weighted by molar-refractivity contribution is -0.198. The van der Waals surface area contributed by atoms with Crippen LogP contribution in [0.25, 0.3) is 0 Å². The van der Waals surface area contributed by atoms with E-state index in [9.17, 15) is 18.0 Å². The molecule has 2 aromatic rings. The summed E-state index contributed by atoms with van der Waals surface area (Å²) in [5.41, 5.74) is -2.79. The Morgan fingerprint density at radius 1 is 1.12 bits per heavy atom. The van der Waals surface area contributed by atoms with Crippen LogP contribution < -0.4 is 15.4 Å². The number of hydrogen-bond donors (Lipinski definition) is 3. The second kappa shape index (κ2) is 7.31. The van der Waals surface area contributed by atoms with Crippen molar-refractivity contribution in [3.63, 3.8) is 0 Å². The first-order chi connectivity index (χ1) is 11.3. The number of hydrogen-bond acceptors (Lipinski definition) is 3. The quantitative estimate of drug-likeness (QED) is 0.541. The molecule has 0 spiro atoms.